The minimum Gasteiger partial charge on any atom is -0.496 e. The summed E-state index contributed by atoms with van der Waals surface area (Å²) in [5.41, 5.74) is 4.54. The van der Waals surface area contributed by atoms with Gasteiger partial charge in [-0.3, -0.25) is 0 Å². The van der Waals surface area contributed by atoms with Crippen molar-refractivity contribution in [2.24, 2.45) is 0 Å². The van der Waals surface area contributed by atoms with Crippen molar-refractivity contribution < 1.29 is 9.15 Å². The van der Waals surface area contributed by atoms with Gasteiger partial charge in [-0.05, 0) is 44.0 Å². The molecule has 0 saturated carbocycles. The molecule has 1 unspecified atom stereocenters. The van der Waals surface area contributed by atoms with Gasteiger partial charge in [0, 0.05) is 15.6 Å². The van der Waals surface area contributed by atoms with E-state index in [0.29, 0.717) is 0 Å². The van der Waals surface area contributed by atoms with E-state index in [4.69, 9.17) is 9.15 Å². The first-order valence-electron chi connectivity index (χ1n) is 5.99. The summed E-state index contributed by atoms with van der Waals surface area (Å²) < 4.78 is 12.1. The quantitative estimate of drug-likeness (QED) is 0.652. The minimum absolute atomic E-state index is 0.0531. The molecule has 4 heteroatoms. The molecule has 102 valence electrons. The summed E-state index contributed by atoms with van der Waals surface area (Å²) in [6.45, 7) is 6.11. The van der Waals surface area contributed by atoms with Crippen LogP contribution in [0.2, 0.25) is 0 Å². The Hall–Kier alpha value is -0.740. The number of benzene rings is 1. The molecule has 0 aliphatic rings. The zero-order valence-corrected chi connectivity index (χ0v) is 14.6. The van der Waals surface area contributed by atoms with Gasteiger partial charge < -0.3 is 9.15 Å². The lowest BCUT2D eigenvalue weighted by atomic mass is 9.97. The van der Waals surface area contributed by atoms with Crippen molar-refractivity contribution in [1.82, 2.24) is 0 Å². The molecule has 0 N–H and O–H groups in total. The summed E-state index contributed by atoms with van der Waals surface area (Å²) in [6.07, 6.45) is 1.71. The molecule has 0 spiro atoms. The second kappa shape index (κ2) is 5.71. The maximum absolute atomic E-state index is 5.59. The summed E-state index contributed by atoms with van der Waals surface area (Å²) in [4.78, 5) is 0.0531. The Morgan fingerprint density at radius 1 is 1.26 bits per heavy atom. The number of rotatable bonds is 3. The number of hydrogen-bond acceptors (Lipinski definition) is 2. The van der Waals surface area contributed by atoms with Crippen LogP contribution >= 0.6 is 31.9 Å². The van der Waals surface area contributed by atoms with Crippen LogP contribution in [0.5, 0.6) is 5.75 Å². The second-order valence-electron chi connectivity index (χ2n) is 4.54. The molecule has 2 aromatic rings. The molecule has 0 bridgehead atoms. The van der Waals surface area contributed by atoms with Gasteiger partial charge in [-0.15, -0.1) is 0 Å². The van der Waals surface area contributed by atoms with Crippen molar-refractivity contribution in [3.8, 4) is 5.75 Å². The fourth-order valence-corrected chi connectivity index (χ4v) is 3.85. The van der Waals surface area contributed by atoms with Crippen LogP contribution in [0.25, 0.3) is 0 Å². The summed E-state index contributed by atoms with van der Waals surface area (Å²) in [5, 5.41) is 0. The van der Waals surface area contributed by atoms with Crippen LogP contribution < -0.4 is 4.74 Å². The maximum atomic E-state index is 5.59. The first kappa shape index (κ1) is 14.7. The fraction of sp³-hybridized carbons (Fsp3) is 0.333. The number of ether oxygens (including phenoxy) is 1. The van der Waals surface area contributed by atoms with E-state index in [1.807, 2.05) is 13.0 Å². The number of furan rings is 1. The standard InChI is InChI=1S/C15H16Br2O2/c1-8-7-12(16)9(2)13(15(8)18-4)14(17)11-5-6-19-10(11)3/h5-7,14H,1-4H3. The number of alkyl halides is 1. The smallest absolute Gasteiger partial charge is 0.126 e. The molecule has 2 nitrogen and oxygen atoms in total. The molecular weight excluding hydrogens is 372 g/mol. The molecule has 0 fully saturated rings. The summed E-state index contributed by atoms with van der Waals surface area (Å²) >= 11 is 7.38. The average Bonchev–Trinajstić information content (AvgIpc) is 2.79. The molecule has 19 heavy (non-hydrogen) atoms. The Bertz CT molecular complexity index is 602. The van der Waals surface area contributed by atoms with Crippen LogP contribution in [-0.2, 0) is 0 Å². The monoisotopic (exact) mass is 386 g/mol. The zero-order valence-electron chi connectivity index (χ0n) is 11.4. The van der Waals surface area contributed by atoms with Gasteiger partial charge in [0.05, 0.1) is 18.2 Å². The number of methoxy groups -OCH3 is 1. The van der Waals surface area contributed by atoms with Crippen LogP contribution in [0, 0.1) is 20.8 Å². The highest BCUT2D eigenvalue weighted by Crippen LogP contribution is 2.43. The van der Waals surface area contributed by atoms with Gasteiger partial charge in [-0.2, -0.15) is 0 Å². The van der Waals surface area contributed by atoms with Crippen LogP contribution in [0.4, 0.5) is 0 Å². The molecule has 1 aromatic heterocycles. The summed E-state index contributed by atoms with van der Waals surface area (Å²) in [7, 11) is 1.71. The van der Waals surface area contributed by atoms with Crippen molar-refractivity contribution in [3.63, 3.8) is 0 Å². The van der Waals surface area contributed by atoms with Crippen LogP contribution in [0.15, 0.2) is 27.3 Å². The summed E-state index contributed by atoms with van der Waals surface area (Å²) in [6, 6.07) is 4.07. The molecule has 0 amide bonds. The van der Waals surface area contributed by atoms with Gasteiger partial charge in [0.2, 0.25) is 0 Å². The topological polar surface area (TPSA) is 22.4 Å². The third kappa shape index (κ3) is 2.61. The predicted octanol–water partition coefficient (Wildman–Crippen LogP) is 5.46. The third-order valence-corrected chi connectivity index (χ3v) is 5.11. The Labute approximate surface area is 130 Å². The molecule has 1 aromatic carbocycles. The lowest BCUT2D eigenvalue weighted by molar-refractivity contribution is 0.406. The number of hydrogen-bond donors (Lipinski definition) is 0. The third-order valence-electron chi connectivity index (χ3n) is 3.34. The highest BCUT2D eigenvalue weighted by molar-refractivity contribution is 9.10. The maximum Gasteiger partial charge on any atom is 0.126 e. The minimum atomic E-state index is 0.0531. The van der Waals surface area contributed by atoms with E-state index < -0.39 is 0 Å². The van der Waals surface area contributed by atoms with E-state index in [2.05, 4.69) is 51.8 Å². The molecular formula is C15H16Br2O2. The van der Waals surface area contributed by atoms with E-state index in [-0.39, 0.29) is 4.83 Å². The Morgan fingerprint density at radius 2 is 1.95 bits per heavy atom. The van der Waals surface area contributed by atoms with E-state index in [9.17, 15) is 0 Å². The van der Waals surface area contributed by atoms with Crippen LogP contribution in [0.1, 0.15) is 32.8 Å². The first-order valence-corrected chi connectivity index (χ1v) is 7.69. The van der Waals surface area contributed by atoms with Gasteiger partial charge in [-0.1, -0.05) is 31.9 Å². The average molecular weight is 388 g/mol. The molecule has 0 aliphatic heterocycles. The second-order valence-corrected chi connectivity index (χ2v) is 6.31. The lowest BCUT2D eigenvalue weighted by Gasteiger charge is -2.20. The highest BCUT2D eigenvalue weighted by Gasteiger charge is 2.23. The Balaban J connectivity index is 2.64. The van der Waals surface area contributed by atoms with Crippen LogP contribution in [0.3, 0.4) is 0 Å². The van der Waals surface area contributed by atoms with Gasteiger partial charge in [0.25, 0.3) is 0 Å². The number of aryl methyl sites for hydroxylation is 2. The van der Waals surface area contributed by atoms with E-state index in [0.717, 1.165) is 32.7 Å². The van der Waals surface area contributed by atoms with Crippen molar-refractivity contribution in [1.29, 1.82) is 0 Å². The Kier molecular flexibility index (Phi) is 4.41. The molecule has 2 rings (SSSR count). The molecule has 1 atom stereocenters. The van der Waals surface area contributed by atoms with Crippen molar-refractivity contribution in [2.45, 2.75) is 25.6 Å². The largest absolute Gasteiger partial charge is 0.496 e. The predicted molar refractivity (Wildman–Crippen MR) is 84.4 cm³/mol. The van der Waals surface area contributed by atoms with Crippen molar-refractivity contribution >= 4 is 31.9 Å². The van der Waals surface area contributed by atoms with Gasteiger partial charge in [-0.25, -0.2) is 0 Å². The van der Waals surface area contributed by atoms with Gasteiger partial charge in [0.1, 0.15) is 11.5 Å². The normalized spacial score (nSPS) is 12.5. The molecule has 0 aliphatic carbocycles. The molecule has 0 radical (unpaired) electrons. The van der Waals surface area contributed by atoms with Crippen molar-refractivity contribution in [3.05, 3.63) is 50.9 Å². The SMILES string of the molecule is COc1c(C)cc(Br)c(C)c1C(Br)c1ccoc1C. The number of halogens is 2. The molecule has 1 heterocycles. The van der Waals surface area contributed by atoms with Crippen LogP contribution in [-0.4, -0.2) is 7.11 Å². The zero-order chi connectivity index (χ0) is 14.2. The van der Waals surface area contributed by atoms with Gasteiger partial charge >= 0.3 is 0 Å². The lowest BCUT2D eigenvalue weighted by Crippen LogP contribution is -2.03. The fourth-order valence-electron chi connectivity index (χ4n) is 2.26. The van der Waals surface area contributed by atoms with Gasteiger partial charge in [0.15, 0.2) is 0 Å². The van der Waals surface area contributed by atoms with E-state index in [1.54, 1.807) is 13.4 Å². The Morgan fingerprint density at radius 3 is 2.47 bits per heavy atom. The van der Waals surface area contributed by atoms with Crippen molar-refractivity contribution in [2.75, 3.05) is 7.11 Å². The highest BCUT2D eigenvalue weighted by atomic mass is 79.9. The van der Waals surface area contributed by atoms with E-state index >= 15 is 0 Å². The van der Waals surface area contributed by atoms with E-state index in [1.165, 1.54) is 5.56 Å². The first-order chi connectivity index (χ1) is 8.97. The summed E-state index contributed by atoms with van der Waals surface area (Å²) in [5.74, 6) is 1.84. The molecule has 0 saturated heterocycles.